The highest BCUT2D eigenvalue weighted by Gasteiger charge is 2.21. The maximum Gasteiger partial charge on any atom is 0.243 e. The summed E-state index contributed by atoms with van der Waals surface area (Å²) in [5.74, 6) is -5.01. The van der Waals surface area contributed by atoms with Gasteiger partial charge in [-0.05, 0) is 12.1 Å². The van der Waals surface area contributed by atoms with Gasteiger partial charge in [0.15, 0.2) is 23.3 Å². The van der Waals surface area contributed by atoms with Crippen molar-refractivity contribution in [1.82, 2.24) is 15.5 Å². The van der Waals surface area contributed by atoms with Crippen LogP contribution in [0.25, 0.3) is 0 Å². The van der Waals surface area contributed by atoms with Crippen LogP contribution in [0.15, 0.2) is 16.7 Å². The molecule has 0 bridgehead atoms. The Balaban J connectivity index is 1.79. The van der Waals surface area contributed by atoms with Crippen LogP contribution in [-0.4, -0.2) is 28.5 Å². The summed E-state index contributed by atoms with van der Waals surface area (Å²) in [5.41, 5.74) is -0.800. The van der Waals surface area contributed by atoms with Gasteiger partial charge in [0.1, 0.15) is 0 Å². The molecule has 2 amide bonds. The van der Waals surface area contributed by atoms with Crippen molar-refractivity contribution in [1.29, 1.82) is 0 Å². The number of amides is 2. The third kappa shape index (κ3) is 5.53. The predicted octanol–water partition coefficient (Wildman–Crippen LogP) is 2.47. The van der Waals surface area contributed by atoms with Gasteiger partial charge in [-0.1, -0.05) is 25.9 Å². The number of nitrogens with zero attached hydrogens (tertiary/aromatic N) is 2. The fourth-order valence-electron chi connectivity index (χ4n) is 1.97. The van der Waals surface area contributed by atoms with Crippen molar-refractivity contribution < 1.29 is 27.3 Å². The summed E-state index contributed by atoms with van der Waals surface area (Å²) >= 11 is 0. The normalized spacial score (nSPS) is 11.3. The standard InChI is InChI=1S/C17H19F3N4O3/c1-17(2,3)16-23-13(27-24-16)7-6-11(25)21-8-12(26)22-10-5-4-9(18)14(19)15(10)20/h4-5H,6-8H2,1-3H3,(H,21,25)(H,22,26). The van der Waals surface area contributed by atoms with Gasteiger partial charge in [0.05, 0.1) is 12.2 Å². The molecule has 2 rings (SSSR count). The van der Waals surface area contributed by atoms with E-state index in [4.69, 9.17) is 4.52 Å². The van der Waals surface area contributed by atoms with E-state index < -0.39 is 41.5 Å². The van der Waals surface area contributed by atoms with Crippen molar-refractivity contribution in [2.75, 3.05) is 11.9 Å². The van der Waals surface area contributed by atoms with Crippen molar-refractivity contribution in [3.8, 4) is 0 Å². The Morgan fingerprint density at radius 1 is 1.11 bits per heavy atom. The topological polar surface area (TPSA) is 97.1 Å². The van der Waals surface area contributed by atoms with Crippen LogP contribution in [0.5, 0.6) is 0 Å². The van der Waals surface area contributed by atoms with E-state index in [1.54, 1.807) is 0 Å². The second kappa shape index (κ2) is 8.19. The Labute approximate surface area is 153 Å². The molecule has 0 saturated heterocycles. The predicted molar refractivity (Wildman–Crippen MR) is 89.3 cm³/mol. The van der Waals surface area contributed by atoms with Gasteiger partial charge in [0.25, 0.3) is 0 Å². The number of carbonyl (C=O) groups is 2. The third-order valence-electron chi connectivity index (χ3n) is 3.46. The Hall–Kier alpha value is -2.91. The first-order valence-electron chi connectivity index (χ1n) is 8.11. The van der Waals surface area contributed by atoms with Crippen LogP contribution in [0, 0.1) is 17.5 Å². The number of halogens is 3. The molecule has 0 aliphatic carbocycles. The molecule has 1 aromatic carbocycles. The monoisotopic (exact) mass is 384 g/mol. The zero-order chi connectivity index (χ0) is 20.2. The van der Waals surface area contributed by atoms with Gasteiger partial charge in [-0.15, -0.1) is 0 Å². The summed E-state index contributed by atoms with van der Waals surface area (Å²) in [7, 11) is 0. The molecule has 2 aromatic rings. The molecule has 2 N–H and O–H groups in total. The molecule has 7 nitrogen and oxygen atoms in total. The SMILES string of the molecule is CC(C)(C)c1noc(CCC(=O)NCC(=O)Nc2ccc(F)c(F)c2F)n1. The zero-order valence-electron chi connectivity index (χ0n) is 15.0. The van der Waals surface area contributed by atoms with Crippen LogP contribution < -0.4 is 10.6 Å². The largest absolute Gasteiger partial charge is 0.347 e. The Bertz CT molecular complexity index is 846. The van der Waals surface area contributed by atoms with E-state index in [0.717, 1.165) is 6.07 Å². The minimum Gasteiger partial charge on any atom is -0.347 e. The molecule has 0 unspecified atom stereocenters. The van der Waals surface area contributed by atoms with E-state index in [1.165, 1.54) is 0 Å². The number of nitrogens with one attached hydrogen (secondary N) is 2. The summed E-state index contributed by atoms with van der Waals surface area (Å²) in [4.78, 5) is 27.7. The smallest absolute Gasteiger partial charge is 0.243 e. The van der Waals surface area contributed by atoms with Crippen LogP contribution in [0.1, 0.15) is 38.9 Å². The molecule has 1 aromatic heterocycles. The van der Waals surface area contributed by atoms with Gasteiger partial charge in [-0.25, -0.2) is 13.2 Å². The molecule has 0 radical (unpaired) electrons. The van der Waals surface area contributed by atoms with Gasteiger partial charge >= 0.3 is 0 Å². The molecular formula is C17H19F3N4O3. The average molecular weight is 384 g/mol. The average Bonchev–Trinajstić information content (AvgIpc) is 3.08. The minimum atomic E-state index is -1.69. The fourth-order valence-corrected chi connectivity index (χ4v) is 1.97. The van der Waals surface area contributed by atoms with Crippen molar-refractivity contribution in [3.63, 3.8) is 0 Å². The van der Waals surface area contributed by atoms with Crippen molar-refractivity contribution in [2.24, 2.45) is 0 Å². The Kier molecular flexibility index (Phi) is 6.19. The summed E-state index contributed by atoms with van der Waals surface area (Å²) < 4.78 is 44.5. The summed E-state index contributed by atoms with van der Waals surface area (Å²) in [6, 6.07) is 1.57. The third-order valence-corrected chi connectivity index (χ3v) is 3.46. The summed E-state index contributed by atoms with van der Waals surface area (Å²) in [6.45, 7) is 5.29. The van der Waals surface area contributed by atoms with Gasteiger partial charge in [0.2, 0.25) is 17.7 Å². The zero-order valence-corrected chi connectivity index (χ0v) is 15.0. The molecule has 10 heteroatoms. The summed E-state index contributed by atoms with van der Waals surface area (Å²) in [5, 5.41) is 8.21. The van der Waals surface area contributed by atoms with Gasteiger partial charge in [0, 0.05) is 18.3 Å². The Morgan fingerprint density at radius 2 is 1.81 bits per heavy atom. The first-order chi connectivity index (χ1) is 12.6. The fraction of sp³-hybridized carbons (Fsp3) is 0.412. The number of aryl methyl sites for hydroxylation is 1. The molecule has 0 fully saturated rings. The molecular weight excluding hydrogens is 365 g/mol. The van der Waals surface area contributed by atoms with Gasteiger partial charge in [-0.2, -0.15) is 4.98 Å². The number of hydrogen-bond acceptors (Lipinski definition) is 5. The second-order valence-corrected chi connectivity index (χ2v) is 6.81. The molecule has 0 saturated carbocycles. The molecule has 27 heavy (non-hydrogen) atoms. The highest BCUT2D eigenvalue weighted by molar-refractivity contribution is 5.94. The number of rotatable bonds is 6. The number of benzene rings is 1. The lowest BCUT2D eigenvalue weighted by atomic mass is 9.96. The van der Waals surface area contributed by atoms with Crippen LogP contribution >= 0.6 is 0 Å². The minimum absolute atomic E-state index is 0.00140. The van der Waals surface area contributed by atoms with Crippen LogP contribution in [0.3, 0.4) is 0 Å². The number of hydrogen-bond donors (Lipinski definition) is 2. The first-order valence-corrected chi connectivity index (χ1v) is 8.11. The highest BCUT2D eigenvalue weighted by Crippen LogP contribution is 2.20. The number of aromatic nitrogens is 2. The van der Waals surface area contributed by atoms with Crippen LogP contribution in [0.4, 0.5) is 18.9 Å². The van der Waals surface area contributed by atoms with E-state index in [2.05, 4.69) is 20.8 Å². The molecule has 0 aliphatic rings. The van der Waals surface area contributed by atoms with E-state index in [-0.39, 0.29) is 18.3 Å². The lowest BCUT2D eigenvalue weighted by Crippen LogP contribution is -2.33. The second-order valence-electron chi connectivity index (χ2n) is 6.81. The maximum atomic E-state index is 13.5. The van der Waals surface area contributed by atoms with E-state index >= 15 is 0 Å². The van der Waals surface area contributed by atoms with Crippen LogP contribution in [-0.2, 0) is 21.4 Å². The summed E-state index contributed by atoms with van der Waals surface area (Å²) in [6.07, 6.45) is 0.187. The van der Waals surface area contributed by atoms with E-state index in [0.29, 0.717) is 17.8 Å². The van der Waals surface area contributed by atoms with Gasteiger partial charge < -0.3 is 15.2 Å². The number of anilines is 1. The molecule has 0 aliphatic heterocycles. The lowest BCUT2D eigenvalue weighted by molar-refractivity contribution is -0.124. The first kappa shape index (κ1) is 20.4. The van der Waals surface area contributed by atoms with Crippen molar-refractivity contribution in [3.05, 3.63) is 41.3 Å². The highest BCUT2D eigenvalue weighted by atomic mass is 19.2. The molecule has 1 heterocycles. The van der Waals surface area contributed by atoms with Crippen molar-refractivity contribution >= 4 is 17.5 Å². The molecule has 0 atom stereocenters. The molecule has 0 spiro atoms. The quantitative estimate of drug-likeness (QED) is 0.746. The lowest BCUT2D eigenvalue weighted by Gasteiger charge is -2.10. The van der Waals surface area contributed by atoms with Gasteiger partial charge in [-0.3, -0.25) is 9.59 Å². The van der Waals surface area contributed by atoms with Crippen molar-refractivity contribution in [2.45, 2.75) is 39.0 Å². The van der Waals surface area contributed by atoms with Crippen LogP contribution in [0.2, 0.25) is 0 Å². The maximum absolute atomic E-state index is 13.5. The number of carbonyl (C=O) groups excluding carboxylic acids is 2. The van der Waals surface area contributed by atoms with E-state index in [9.17, 15) is 22.8 Å². The van der Waals surface area contributed by atoms with E-state index in [1.807, 2.05) is 20.8 Å². The molecule has 146 valence electrons. The Morgan fingerprint density at radius 3 is 2.44 bits per heavy atom.